The van der Waals surface area contributed by atoms with E-state index in [1.165, 1.54) is 6.07 Å². The predicted octanol–water partition coefficient (Wildman–Crippen LogP) is 1.47. The fourth-order valence-corrected chi connectivity index (χ4v) is 1.13. The molecule has 1 unspecified atom stereocenters. The molecule has 0 aliphatic heterocycles. The van der Waals surface area contributed by atoms with Gasteiger partial charge in [-0.05, 0) is 19.1 Å². The Morgan fingerprint density at radius 3 is 2.47 bits per heavy atom. The van der Waals surface area contributed by atoms with Gasteiger partial charge in [-0.1, -0.05) is 6.07 Å². The van der Waals surface area contributed by atoms with Gasteiger partial charge in [0.15, 0.2) is 6.23 Å². The second-order valence-corrected chi connectivity index (χ2v) is 2.84. The lowest BCUT2D eigenvalue weighted by Gasteiger charge is -2.11. The van der Waals surface area contributed by atoms with Crippen LogP contribution < -0.4 is 5.73 Å². The van der Waals surface area contributed by atoms with Crippen LogP contribution in [0.3, 0.4) is 0 Å². The second-order valence-electron chi connectivity index (χ2n) is 2.84. The Balaban J connectivity index is 3.00. The van der Waals surface area contributed by atoms with E-state index in [2.05, 4.69) is 0 Å². The summed E-state index contributed by atoms with van der Waals surface area (Å²) in [6.07, 6.45) is -1.33. The van der Waals surface area contributed by atoms with Gasteiger partial charge in [-0.3, -0.25) is 10.5 Å². The molecule has 82 valence electrons. The monoisotopic (exact) mass is 215 g/mol. The number of halogens is 2. The summed E-state index contributed by atoms with van der Waals surface area (Å²) in [5.41, 5.74) is 4.64. The molecule has 15 heavy (non-hydrogen) atoms. The topological polar surface area (TPSA) is 52.3 Å². The highest BCUT2D eigenvalue weighted by Crippen LogP contribution is 2.14. The third-order valence-corrected chi connectivity index (χ3v) is 1.81. The Bertz CT molecular complexity index is 348. The first-order valence-corrected chi connectivity index (χ1v) is 4.43. The number of carbonyl (C=O) groups is 1. The summed E-state index contributed by atoms with van der Waals surface area (Å²) >= 11 is 0. The Kier molecular flexibility index (Phi) is 3.88. The fraction of sp³-hybridized carbons (Fsp3) is 0.300. The average Bonchev–Trinajstić information content (AvgIpc) is 2.17. The molecule has 0 saturated heterocycles. The van der Waals surface area contributed by atoms with Crippen LogP contribution in [0.4, 0.5) is 8.78 Å². The summed E-state index contributed by atoms with van der Waals surface area (Å²) in [4.78, 5) is 11.4. The van der Waals surface area contributed by atoms with E-state index < -0.39 is 29.2 Å². The number of nitrogens with two attached hydrogens (primary N) is 1. The third kappa shape index (κ3) is 2.57. The van der Waals surface area contributed by atoms with Crippen molar-refractivity contribution in [1.82, 2.24) is 0 Å². The standard InChI is InChI=1S/C10H11F2NO2/c1-2-15-10(13)9(14)8-6(11)4-3-5-7(8)12/h3-5,10H,2,13H2,1H3. The molecule has 0 spiro atoms. The zero-order chi connectivity index (χ0) is 11.4. The lowest BCUT2D eigenvalue weighted by atomic mass is 10.1. The highest BCUT2D eigenvalue weighted by Gasteiger charge is 2.22. The Morgan fingerprint density at radius 1 is 1.47 bits per heavy atom. The van der Waals surface area contributed by atoms with Gasteiger partial charge in [-0.25, -0.2) is 8.78 Å². The van der Waals surface area contributed by atoms with Gasteiger partial charge < -0.3 is 4.74 Å². The Morgan fingerprint density at radius 2 is 2.00 bits per heavy atom. The first kappa shape index (κ1) is 11.7. The van der Waals surface area contributed by atoms with Crippen LogP contribution in [0.15, 0.2) is 18.2 Å². The Labute approximate surface area is 85.8 Å². The predicted molar refractivity (Wildman–Crippen MR) is 50.3 cm³/mol. The number of benzene rings is 1. The number of ether oxygens (including phenoxy) is 1. The first-order valence-electron chi connectivity index (χ1n) is 4.43. The number of Topliss-reactive ketones (excluding diaryl/α,β-unsaturated/α-hetero) is 1. The highest BCUT2D eigenvalue weighted by atomic mass is 19.1. The lowest BCUT2D eigenvalue weighted by molar-refractivity contribution is 0.0471. The van der Waals surface area contributed by atoms with Crippen LogP contribution in [0.1, 0.15) is 17.3 Å². The van der Waals surface area contributed by atoms with Gasteiger partial charge >= 0.3 is 0 Å². The van der Waals surface area contributed by atoms with E-state index >= 15 is 0 Å². The molecule has 0 aliphatic rings. The Hall–Kier alpha value is -1.33. The van der Waals surface area contributed by atoms with Crippen LogP contribution >= 0.6 is 0 Å². The van der Waals surface area contributed by atoms with Gasteiger partial charge in [-0.2, -0.15) is 0 Å². The molecular weight excluding hydrogens is 204 g/mol. The van der Waals surface area contributed by atoms with Gasteiger partial charge in [0, 0.05) is 6.61 Å². The zero-order valence-corrected chi connectivity index (χ0v) is 8.17. The maximum absolute atomic E-state index is 13.1. The summed E-state index contributed by atoms with van der Waals surface area (Å²) < 4.78 is 31.0. The minimum Gasteiger partial charge on any atom is -0.356 e. The summed E-state index contributed by atoms with van der Waals surface area (Å²) in [6, 6.07) is 3.16. The van der Waals surface area contributed by atoms with Gasteiger partial charge in [0.1, 0.15) is 11.6 Å². The van der Waals surface area contributed by atoms with Crippen LogP contribution in [0.5, 0.6) is 0 Å². The largest absolute Gasteiger partial charge is 0.356 e. The van der Waals surface area contributed by atoms with E-state index in [4.69, 9.17) is 10.5 Å². The van der Waals surface area contributed by atoms with Crippen molar-refractivity contribution in [2.45, 2.75) is 13.2 Å². The van der Waals surface area contributed by atoms with Crippen molar-refractivity contribution in [1.29, 1.82) is 0 Å². The van der Waals surface area contributed by atoms with Crippen LogP contribution in [-0.4, -0.2) is 18.6 Å². The van der Waals surface area contributed by atoms with Crippen molar-refractivity contribution < 1.29 is 18.3 Å². The van der Waals surface area contributed by atoms with Crippen LogP contribution in [0, 0.1) is 11.6 Å². The minimum absolute atomic E-state index is 0.197. The van der Waals surface area contributed by atoms with Gasteiger partial charge in [0.25, 0.3) is 0 Å². The van der Waals surface area contributed by atoms with Gasteiger partial charge in [0.05, 0.1) is 5.56 Å². The molecule has 0 heterocycles. The van der Waals surface area contributed by atoms with Crippen LogP contribution in [-0.2, 0) is 4.74 Å². The second kappa shape index (κ2) is 4.95. The van der Waals surface area contributed by atoms with E-state index in [1.807, 2.05) is 0 Å². The first-order chi connectivity index (χ1) is 7.07. The zero-order valence-electron chi connectivity index (χ0n) is 8.17. The molecule has 2 N–H and O–H groups in total. The summed E-state index contributed by atoms with van der Waals surface area (Å²) in [6.45, 7) is 1.83. The molecule has 0 fully saturated rings. The molecule has 0 radical (unpaired) electrons. The molecule has 0 aliphatic carbocycles. The fourth-order valence-electron chi connectivity index (χ4n) is 1.13. The van der Waals surface area contributed by atoms with E-state index in [9.17, 15) is 13.6 Å². The SMILES string of the molecule is CCOC(N)C(=O)c1c(F)cccc1F. The molecule has 0 bridgehead atoms. The van der Waals surface area contributed by atoms with E-state index in [0.29, 0.717) is 0 Å². The van der Waals surface area contributed by atoms with Gasteiger partial charge in [0.2, 0.25) is 5.78 Å². The minimum atomic E-state index is -1.33. The molecule has 0 saturated carbocycles. The third-order valence-electron chi connectivity index (χ3n) is 1.81. The van der Waals surface area contributed by atoms with Crippen molar-refractivity contribution in [2.24, 2.45) is 5.73 Å². The van der Waals surface area contributed by atoms with E-state index in [0.717, 1.165) is 12.1 Å². The molecule has 1 aromatic rings. The quantitative estimate of drug-likeness (QED) is 0.611. The highest BCUT2D eigenvalue weighted by molar-refractivity contribution is 5.99. The maximum Gasteiger partial charge on any atom is 0.212 e. The maximum atomic E-state index is 13.1. The molecular formula is C10H11F2NO2. The molecule has 1 rings (SSSR count). The van der Waals surface area contributed by atoms with E-state index in [-0.39, 0.29) is 6.61 Å². The molecule has 0 aromatic heterocycles. The molecule has 5 heteroatoms. The number of carbonyl (C=O) groups excluding carboxylic acids is 1. The number of rotatable bonds is 4. The van der Waals surface area contributed by atoms with Crippen molar-refractivity contribution >= 4 is 5.78 Å². The molecule has 1 atom stereocenters. The summed E-state index contributed by atoms with van der Waals surface area (Å²) in [5.74, 6) is -2.77. The van der Waals surface area contributed by atoms with Crippen molar-refractivity contribution in [3.63, 3.8) is 0 Å². The number of hydrogen-bond donors (Lipinski definition) is 1. The molecule has 1 aromatic carbocycles. The normalized spacial score (nSPS) is 12.5. The van der Waals surface area contributed by atoms with E-state index in [1.54, 1.807) is 6.92 Å². The number of hydrogen-bond acceptors (Lipinski definition) is 3. The summed E-state index contributed by atoms with van der Waals surface area (Å²) in [7, 11) is 0. The summed E-state index contributed by atoms with van der Waals surface area (Å²) in [5, 5.41) is 0. The smallest absolute Gasteiger partial charge is 0.212 e. The van der Waals surface area contributed by atoms with Gasteiger partial charge in [-0.15, -0.1) is 0 Å². The van der Waals surface area contributed by atoms with Crippen LogP contribution in [0.25, 0.3) is 0 Å². The number of ketones is 1. The van der Waals surface area contributed by atoms with Crippen molar-refractivity contribution in [3.8, 4) is 0 Å². The van der Waals surface area contributed by atoms with Crippen LogP contribution in [0.2, 0.25) is 0 Å². The van der Waals surface area contributed by atoms with Crippen molar-refractivity contribution in [3.05, 3.63) is 35.4 Å². The molecule has 0 amide bonds. The van der Waals surface area contributed by atoms with Crippen molar-refractivity contribution in [2.75, 3.05) is 6.61 Å². The average molecular weight is 215 g/mol. The lowest BCUT2D eigenvalue weighted by Crippen LogP contribution is -2.34. The molecule has 3 nitrogen and oxygen atoms in total.